The molecule has 1 saturated heterocycles. The third-order valence-electron chi connectivity index (χ3n) is 4.37. The molecule has 0 N–H and O–H groups in total. The topological polar surface area (TPSA) is 67.2 Å². The van der Waals surface area contributed by atoms with E-state index in [1.807, 2.05) is 34.7 Å². The summed E-state index contributed by atoms with van der Waals surface area (Å²) in [5.41, 5.74) is 2.56. The lowest BCUT2D eigenvalue weighted by Gasteiger charge is -2.34. The number of aryl methyl sites for hydroxylation is 1. The van der Waals surface area contributed by atoms with Crippen LogP contribution in [0.4, 0.5) is 5.95 Å². The van der Waals surface area contributed by atoms with E-state index in [4.69, 9.17) is 0 Å². The van der Waals surface area contributed by atoms with Crippen molar-refractivity contribution in [3.05, 3.63) is 48.5 Å². The average molecular weight is 322 g/mol. The molecule has 7 nitrogen and oxygen atoms in total. The third kappa shape index (κ3) is 2.58. The van der Waals surface area contributed by atoms with E-state index in [-0.39, 0.29) is 5.91 Å². The van der Waals surface area contributed by atoms with Crippen LogP contribution < -0.4 is 4.90 Å². The number of anilines is 1. The van der Waals surface area contributed by atoms with Crippen molar-refractivity contribution >= 4 is 22.9 Å². The number of piperazine rings is 1. The number of hydrogen-bond acceptors (Lipinski definition) is 5. The fourth-order valence-corrected chi connectivity index (χ4v) is 3.02. The first-order valence-corrected chi connectivity index (χ1v) is 7.95. The normalized spacial score (nSPS) is 15.0. The van der Waals surface area contributed by atoms with Gasteiger partial charge in [0.2, 0.25) is 5.95 Å². The summed E-state index contributed by atoms with van der Waals surface area (Å²) in [5, 5.41) is 0. The van der Waals surface area contributed by atoms with Crippen LogP contribution in [-0.4, -0.2) is 56.5 Å². The SMILES string of the molecule is Cn1cnc2cc(C(=O)N3CCN(c4ncccn4)CC3)ccc21. The second-order valence-electron chi connectivity index (χ2n) is 5.89. The molecular formula is C17H18N6O. The monoisotopic (exact) mass is 322 g/mol. The highest BCUT2D eigenvalue weighted by Crippen LogP contribution is 2.17. The Morgan fingerprint density at radius 1 is 1.04 bits per heavy atom. The molecule has 4 rings (SSSR count). The van der Waals surface area contributed by atoms with Gasteiger partial charge in [0, 0.05) is 51.2 Å². The molecule has 3 heterocycles. The van der Waals surface area contributed by atoms with Gasteiger partial charge < -0.3 is 14.4 Å². The predicted molar refractivity (Wildman–Crippen MR) is 90.9 cm³/mol. The molecular weight excluding hydrogens is 304 g/mol. The molecule has 7 heteroatoms. The van der Waals surface area contributed by atoms with E-state index in [1.165, 1.54) is 0 Å². The van der Waals surface area contributed by atoms with Gasteiger partial charge in [0.05, 0.1) is 17.4 Å². The molecule has 0 unspecified atom stereocenters. The molecule has 3 aromatic rings. The smallest absolute Gasteiger partial charge is 0.254 e. The predicted octanol–water partition coefficient (Wildman–Crippen LogP) is 1.33. The van der Waals surface area contributed by atoms with Crippen LogP contribution in [0.3, 0.4) is 0 Å². The molecule has 0 aliphatic carbocycles. The summed E-state index contributed by atoms with van der Waals surface area (Å²) < 4.78 is 1.95. The molecule has 0 bridgehead atoms. The second kappa shape index (κ2) is 5.92. The van der Waals surface area contributed by atoms with Crippen LogP contribution in [-0.2, 0) is 7.05 Å². The van der Waals surface area contributed by atoms with E-state index < -0.39 is 0 Å². The molecule has 0 spiro atoms. The number of hydrogen-bond donors (Lipinski definition) is 0. The highest BCUT2D eigenvalue weighted by molar-refractivity contribution is 5.97. The van der Waals surface area contributed by atoms with Gasteiger partial charge in [0.15, 0.2) is 0 Å². The van der Waals surface area contributed by atoms with Crippen molar-refractivity contribution in [3.8, 4) is 0 Å². The third-order valence-corrected chi connectivity index (χ3v) is 4.37. The molecule has 1 aliphatic rings. The molecule has 0 radical (unpaired) electrons. The van der Waals surface area contributed by atoms with Crippen LogP contribution in [0.1, 0.15) is 10.4 Å². The summed E-state index contributed by atoms with van der Waals surface area (Å²) in [5.74, 6) is 0.774. The van der Waals surface area contributed by atoms with E-state index >= 15 is 0 Å². The van der Waals surface area contributed by atoms with Crippen molar-refractivity contribution in [2.75, 3.05) is 31.1 Å². The van der Waals surface area contributed by atoms with Gasteiger partial charge in [-0.25, -0.2) is 15.0 Å². The van der Waals surface area contributed by atoms with Crippen molar-refractivity contribution in [2.45, 2.75) is 0 Å². The minimum absolute atomic E-state index is 0.0520. The molecule has 0 saturated carbocycles. The van der Waals surface area contributed by atoms with Gasteiger partial charge in [-0.3, -0.25) is 4.79 Å². The van der Waals surface area contributed by atoms with Crippen LogP contribution in [0.25, 0.3) is 11.0 Å². The largest absolute Gasteiger partial charge is 0.337 e. The number of nitrogens with zero attached hydrogens (tertiary/aromatic N) is 6. The van der Waals surface area contributed by atoms with Crippen molar-refractivity contribution in [3.63, 3.8) is 0 Å². The van der Waals surface area contributed by atoms with Crippen molar-refractivity contribution < 1.29 is 4.79 Å². The maximum atomic E-state index is 12.7. The van der Waals surface area contributed by atoms with Crippen molar-refractivity contribution in [1.29, 1.82) is 0 Å². The summed E-state index contributed by atoms with van der Waals surface area (Å²) in [6.07, 6.45) is 5.24. The standard InChI is InChI=1S/C17H18N6O/c1-21-12-20-14-11-13(3-4-15(14)21)16(24)22-7-9-23(10-8-22)17-18-5-2-6-19-17/h2-6,11-12H,7-10H2,1H3. The zero-order chi connectivity index (χ0) is 16.5. The van der Waals surface area contributed by atoms with Gasteiger partial charge >= 0.3 is 0 Å². The number of aromatic nitrogens is 4. The number of carbonyl (C=O) groups excluding carboxylic acids is 1. The van der Waals surface area contributed by atoms with Crippen LogP contribution in [0.5, 0.6) is 0 Å². The highest BCUT2D eigenvalue weighted by atomic mass is 16.2. The Labute approximate surface area is 139 Å². The minimum Gasteiger partial charge on any atom is -0.337 e. The molecule has 1 amide bonds. The van der Waals surface area contributed by atoms with E-state index in [0.29, 0.717) is 18.7 Å². The molecule has 1 aromatic carbocycles. The maximum Gasteiger partial charge on any atom is 0.254 e. The fourth-order valence-electron chi connectivity index (χ4n) is 3.02. The zero-order valence-corrected chi connectivity index (χ0v) is 13.5. The Kier molecular flexibility index (Phi) is 3.60. The molecule has 24 heavy (non-hydrogen) atoms. The summed E-state index contributed by atoms with van der Waals surface area (Å²) in [6, 6.07) is 7.49. The molecule has 2 aromatic heterocycles. The summed E-state index contributed by atoms with van der Waals surface area (Å²) in [7, 11) is 1.95. The average Bonchev–Trinajstić information content (AvgIpc) is 3.02. The van der Waals surface area contributed by atoms with Gasteiger partial charge in [-0.1, -0.05) is 0 Å². The first-order chi connectivity index (χ1) is 11.7. The molecule has 1 aliphatic heterocycles. The maximum absolute atomic E-state index is 12.7. The summed E-state index contributed by atoms with van der Waals surface area (Å²) in [6.45, 7) is 2.80. The van der Waals surface area contributed by atoms with Crippen LogP contribution in [0.15, 0.2) is 43.0 Å². The molecule has 1 fully saturated rings. The first-order valence-electron chi connectivity index (χ1n) is 7.95. The summed E-state index contributed by atoms with van der Waals surface area (Å²) >= 11 is 0. The quantitative estimate of drug-likeness (QED) is 0.712. The number of fused-ring (bicyclic) bond motifs is 1. The zero-order valence-electron chi connectivity index (χ0n) is 13.5. The number of rotatable bonds is 2. The number of benzene rings is 1. The van der Waals surface area contributed by atoms with Gasteiger partial charge in [0.25, 0.3) is 5.91 Å². The highest BCUT2D eigenvalue weighted by Gasteiger charge is 2.23. The first kappa shape index (κ1) is 14.6. The lowest BCUT2D eigenvalue weighted by Crippen LogP contribution is -2.49. The van der Waals surface area contributed by atoms with Crippen LogP contribution in [0.2, 0.25) is 0 Å². The Morgan fingerprint density at radius 3 is 2.54 bits per heavy atom. The van der Waals surface area contributed by atoms with Gasteiger partial charge in [-0.2, -0.15) is 0 Å². The van der Waals surface area contributed by atoms with Crippen LogP contribution >= 0.6 is 0 Å². The molecule has 0 atom stereocenters. The Bertz CT molecular complexity index is 867. The Hall–Kier alpha value is -2.96. The Morgan fingerprint density at radius 2 is 1.79 bits per heavy atom. The number of carbonyl (C=O) groups is 1. The van der Waals surface area contributed by atoms with Crippen LogP contribution in [0, 0.1) is 0 Å². The van der Waals surface area contributed by atoms with Gasteiger partial charge in [-0.15, -0.1) is 0 Å². The van der Waals surface area contributed by atoms with E-state index in [1.54, 1.807) is 24.8 Å². The number of amides is 1. The second-order valence-corrected chi connectivity index (χ2v) is 5.89. The minimum atomic E-state index is 0.0520. The number of imidazole rings is 1. The van der Waals surface area contributed by atoms with Gasteiger partial charge in [0.1, 0.15) is 0 Å². The van der Waals surface area contributed by atoms with Gasteiger partial charge in [-0.05, 0) is 24.3 Å². The van der Waals surface area contributed by atoms with E-state index in [0.717, 1.165) is 30.1 Å². The molecule has 122 valence electrons. The van der Waals surface area contributed by atoms with E-state index in [9.17, 15) is 4.79 Å². The van der Waals surface area contributed by atoms with Crippen molar-refractivity contribution in [1.82, 2.24) is 24.4 Å². The summed E-state index contributed by atoms with van der Waals surface area (Å²) in [4.78, 5) is 29.6. The Balaban J connectivity index is 1.47. The van der Waals surface area contributed by atoms with Crippen molar-refractivity contribution in [2.24, 2.45) is 7.05 Å². The fraction of sp³-hybridized carbons (Fsp3) is 0.294. The lowest BCUT2D eigenvalue weighted by atomic mass is 10.1. The van der Waals surface area contributed by atoms with E-state index in [2.05, 4.69) is 19.9 Å². The lowest BCUT2D eigenvalue weighted by molar-refractivity contribution is 0.0746.